The molecule has 0 aliphatic heterocycles. The van der Waals surface area contributed by atoms with Gasteiger partial charge in [0, 0.05) is 12.6 Å². The summed E-state index contributed by atoms with van der Waals surface area (Å²) in [6.07, 6.45) is 4.99. The van der Waals surface area contributed by atoms with Crippen molar-refractivity contribution in [2.24, 2.45) is 0 Å². The van der Waals surface area contributed by atoms with E-state index in [2.05, 4.69) is 28.2 Å². The van der Waals surface area contributed by atoms with Crippen LogP contribution in [0, 0.1) is 5.82 Å². The van der Waals surface area contributed by atoms with Crippen LogP contribution >= 0.6 is 27.5 Å². The number of nitrogens with one attached hydrogen (secondary N) is 1. The molecule has 5 heteroatoms. The lowest BCUT2D eigenvalue weighted by molar-refractivity contribution is 0.310. The van der Waals surface area contributed by atoms with Crippen molar-refractivity contribution in [1.29, 1.82) is 0 Å². The molecule has 0 heterocycles. The van der Waals surface area contributed by atoms with Gasteiger partial charge in [0.25, 0.3) is 0 Å². The Morgan fingerprint density at radius 3 is 2.79 bits per heavy atom. The molecular formula is C14H20BrClFNO. The topological polar surface area (TPSA) is 21.3 Å². The highest BCUT2D eigenvalue weighted by molar-refractivity contribution is 9.10. The Labute approximate surface area is 127 Å². The van der Waals surface area contributed by atoms with E-state index in [9.17, 15) is 4.39 Å². The lowest BCUT2D eigenvalue weighted by atomic mass is 10.2. The first-order valence-corrected chi connectivity index (χ1v) is 7.80. The van der Waals surface area contributed by atoms with Gasteiger partial charge < -0.3 is 10.1 Å². The van der Waals surface area contributed by atoms with Crippen LogP contribution in [-0.2, 0) is 0 Å². The third-order valence-electron chi connectivity index (χ3n) is 2.72. The quantitative estimate of drug-likeness (QED) is 0.509. The number of halogens is 3. The maximum Gasteiger partial charge on any atom is 0.145 e. The van der Waals surface area contributed by atoms with E-state index in [1.165, 1.54) is 37.8 Å². The van der Waals surface area contributed by atoms with E-state index in [1.807, 2.05) is 0 Å². The average Bonchev–Trinajstić information content (AvgIpc) is 2.38. The van der Waals surface area contributed by atoms with Crippen molar-refractivity contribution in [2.75, 3.05) is 19.7 Å². The van der Waals surface area contributed by atoms with Gasteiger partial charge in [0.05, 0.1) is 9.50 Å². The summed E-state index contributed by atoms with van der Waals surface area (Å²) in [5.74, 6) is 0.0158. The van der Waals surface area contributed by atoms with E-state index in [4.69, 9.17) is 16.3 Å². The van der Waals surface area contributed by atoms with Crippen LogP contribution in [-0.4, -0.2) is 19.7 Å². The minimum atomic E-state index is -0.465. The lowest BCUT2D eigenvalue weighted by Crippen LogP contribution is -2.22. The Morgan fingerprint density at radius 2 is 2.05 bits per heavy atom. The summed E-state index contributed by atoms with van der Waals surface area (Å²) >= 11 is 8.95. The highest BCUT2D eigenvalue weighted by atomic mass is 79.9. The first kappa shape index (κ1) is 16.7. The van der Waals surface area contributed by atoms with Crippen molar-refractivity contribution in [2.45, 2.75) is 32.6 Å². The highest BCUT2D eigenvalue weighted by Crippen LogP contribution is 2.30. The molecule has 19 heavy (non-hydrogen) atoms. The zero-order chi connectivity index (χ0) is 14.1. The van der Waals surface area contributed by atoms with Crippen LogP contribution < -0.4 is 10.1 Å². The predicted octanol–water partition coefficient (Wildman–Crippen LogP) is 4.79. The Kier molecular flexibility index (Phi) is 8.42. The van der Waals surface area contributed by atoms with Gasteiger partial charge in [-0.3, -0.25) is 0 Å². The number of rotatable bonds is 9. The molecule has 0 saturated heterocycles. The van der Waals surface area contributed by atoms with Gasteiger partial charge in [0.15, 0.2) is 0 Å². The molecule has 0 fully saturated rings. The predicted molar refractivity (Wildman–Crippen MR) is 81.6 cm³/mol. The third kappa shape index (κ3) is 6.59. The van der Waals surface area contributed by atoms with Crippen molar-refractivity contribution in [3.05, 3.63) is 27.4 Å². The van der Waals surface area contributed by atoms with Crippen LogP contribution in [0.15, 0.2) is 16.6 Å². The van der Waals surface area contributed by atoms with Crippen LogP contribution in [0.5, 0.6) is 5.75 Å². The molecule has 0 amide bonds. The molecule has 0 aliphatic carbocycles. The van der Waals surface area contributed by atoms with Gasteiger partial charge in [-0.2, -0.15) is 0 Å². The molecule has 0 aromatic heterocycles. The summed E-state index contributed by atoms with van der Waals surface area (Å²) in [5, 5.41) is 3.39. The van der Waals surface area contributed by atoms with Crippen molar-refractivity contribution in [3.63, 3.8) is 0 Å². The van der Waals surface area contributed by atoms with Crippen molar-refractivity contribution >= 4 is 27.5 Å². The molecule has 1 N–H and O–H groups in total. The Bertz CT molecular complexity index is 390. The molecule has 0 spiro atoms. The zero-order valence-electron chi connectivity index (χ0n) is 11.1. The van der Waals surface area contributed by atoms with Gasteiger partial charge in [-0.05, 0) is 35.0 Å². The maximum atomic E-state index is 13.3. The second-order valence-corrected chi connectivity index (χ2v) is 5.62. The van der Waals surface area contributed by atoms with Crippen LogP contribution in [0.2, 0.25) is 5.02 Å². The third-order valence-corrected chi connectivity index (χ3v) is 3.63. The molecule has 0 saturated carbocycles. The fourth-order valence-corrected chi connectivity index (χ4v) is 2.40. The first-order chi connectivity index (χ1) is 9.15. The molecule has 0 bridgehead atoms. The van der Waals surface area contributed by atoms with Gasteiger partial charge >= 0.3 is 0 Å². The Balaban J connectivity index is 2.17. The van der Waals surface area contributed by atoms with Gasteiger partial charge in [0.1, 0.15) is 18.2 Å². The fraction of sp³-hybridized carbons (Fsp3) is 0.571. The van der Waals surface area contributed by atoms with E-state index < -0.39 is 5.82 Å². The van der Waals surface area contributed by atoms with E-state index in [0.717, 1.165) is 13.1 Å². The maximum absolute atomic E-state index is 13.3. The number of ether oxygens (including phenoxy) is 1. The summed E-state index contributed by atoms with van der Waals surface area (Å²) in [6.45, 7) is 4.46. The number of unbranched alkanes of at least 4 members (excludes halogenated alkanes) is 3. The minimum Gasteiger partial charge on any atom is -0.491 e. The van der Waals surface area contributed by atoms with Crippen molar-refractivity contribution in [3.8, 4) is 5.75 Å². The van der Waals surface area contributed by atoms with Gasteiger partial charge in [-0.25, -0.2) is 4.39 Å². The number of hydrogen-bond acceptors (Lipinski definition) is 2. The van der Waals surface area contributed by atoms with Crippen molar-refractivity contribution in [1.82, 2.24) is 5.32 Å². The fourth-order valence-electron chi connectivity index (χ4n) is 1.65. The number of benzene rings is 1. The molecular weight excluding hydrogens is 333 g/mol. The molecule has 0 radical (unpaired) electrons. The molecule has 1 aromatic carbocycles. The summed E-state index contributed by atoms with van der Waals surface area (Å²) < 4.78 is 19.4. The summed E-state index contributed by atoms with van der Waals surface area (Å²) in [6, 6.07) is 2.80. The Morgan fingerprint density at radius 1 is 1.26 bits per heavy atom. The molecule has 1 rings (SSSR count). The lowest BCUT2D eigenvalue weighted by Gasteiger charge is -2.10. The minimum absolute atomic E-state index is 0.0910. The summed E-state index contributed by atoms with van der Waals surface area (Å²) in [5.41, 5.74) is 0. The summed E-state index contributed by atoms with van der Waals surface area (Å²) in [4.78, 5) is 0. The monoisotopic (exact) mass is 351 g/mol. The second-order valence-electron chi connectivity index (χ2n) is 4.36. The second kappa shape index (κ2) is 9.56. The molecule has 0 atom stereocenters. The van der Waals surface area contributed by atoms with Crippen molar-refractivity contribution < 1.29 is 9.13 Å². The van der Waals surface area contributed by atoms with Crippen LogP contribution in [0.1, 0.15) is 32.6 Å². The smallest absolute Gasteiger partial charge is 0.145 e. The number of hydrogen-bond donors (Lipinski definition) is 1. The van der Waals surface area contributed by atoms with Gasteiger partial charge in [0.2, 0.25) is 0 Å². The van der Waals surface area contributed by atoms with Crippen LogP contribution in [0.4, 0.5) is 4.39 Å². The molecule has 0 aliphatic rings. The zero-order valence-corrected chi connectivity index (χ0v) is 13.5. The van der Waals surface area contributed by atoms with E-state index >= 15 is 0 Å². The van der Waals surface area contributed by atoms with E-state index in [1.54, 1.807) is 0 Å². The average molecular weight is 353 g/mol. The molecule has 2 nitrogen and oxygen atoms in total. The SMILES string of the molecule is CCCCCCNCCOc1cc(F)c(Cl)cc1Br. The van der Waals surface area contributed by atoms with E-state index in [-0.39, 0.29) is 5.02 Å². The van der Waals surface area contributed by atoms with Gasteiger partial charge in [-0.1, -0.05) is 37.8 Å². The largest absolute Gasteiger partial charge is 0.491 e. The molecule has 1 aromatic rings. The summed E-state index contributed by atoms with van der Waals surface area (Å²) in [7, 11) is 0. The van der Waals surface area contributed by atoms with Crippen LogP contribution in [0.3, 0.4) is 0 Å². The Hall–Kier alpha value is -0.320. The van der Waals surface area contributed by atoms with Gasteiger partial charge in [-0.15, -0.1) is 0 Å². The normalized spacial score (nSPS) is 10.7. The molecule has 108 valence electrons. The highest BCUT2D eigenvalue weighted by Gasteiger charge is 2.07. The standard InChI is InChI=1S/C14H20BrClFNO/c1-2-3-4-5-6-18-7-8-19-14-10-13(17)12(16)9-11(14)15/h9-10,18H,2-8H2,1H3. The first-order valence-electron chi connectivity index (χ1n) is 6.63. The van der Waals surface area contributed by atoms with Crippen LogP contribution in [0.25, 0.3) is 0 Å². The molecule has 0 unspecified atom stereocenters. The van der Waals surface area contributed by atoms with E-state index in [0.29, 0.717) is 16.8 Å².